The lowest BCUT2D eigenvalue weighted by Gasteiger charge is -2.14. The SMILES string of the molecule is COC(CNC(=O)CCC1CCCO1)OC. The summed E-state index contributed by atoms with van der Waals surface area (Å²) in [6.45, 7) is 1.22. The Labute approximate surface area is 96.4 Å². The van der Waals surface area contributed by atoms with Crippen molar-refractivity contribution in [3.8, 4) is 0 Å². The van der Waals surface area contributed by atoms with Crippen molar-refractivity contribution in [1.29, 1.82) is 0 Å². The van der Waals surface area contributed by atoms with Crippen LogP contribution >= 0.6 is 0 Å². The molecule has 0 aromatic carbocycles. The molecule has 1 atom stereocenters. The number of carbonyl (C=O) groups excluding carboxylic acids is 1. The van der Waals surface area contributed by atoms with Crippen molar-refractivity contribution in [1.82, 2.24) is 5.32 Å². The van der Waals surface area contributed by atoms with Crippen LogP contribution in [0, 0.1) is 0 Å². The second kappa shape index (κ2) is 7.60. The second-order valence-corrected chi connectivity index (χ2v) is 3.88. The molecule has 1 N–H and O–H groups in total. The third-order valence-corrected chi connectivity index (χ3v) is 2.71. The molecule has 94 valence electrons. The number of ether oxygens (including phenoxy) is 3. The van der Waals surface area contributed by atoms with Gasteiger partial charge in [0.15, 0.2) is 6.29 Å². The molecule has 1 aliphatic rings. The predicted octanol–water partition coefficient (Wildman–Crippen LogP) is 0.681. The maximum atomic E-state index is 11.5. The van der Waals surface area contributed by atoms with E-state index >= 15 is 0 Å². The van der Waals surface area contributed by atoms with Gasteiger partial charge in [0, 0.05) is 27.2 Å². The first-order valence-electron chi connectivity index (χ1n) is 5.70. The van der Waals surface area contributed by atoms with Gasteiger partial charge in [0.1, 0.15) is 0 Å². The highest BCUT2D eigenvalue weighted by Crippen LogP contribution is 2.16. The molecule has 1 saturated heterocycles. The summed E-state index contributed by atoms with van der Waals surface area (Å²) >= 11 is 0. The van der Waals surface area contributed by atoms with Crippen LogP contribution in [-0.4, -0.2) is 45.7 Å². The summed E-state index contributed by atoms with van der Waals surface area (Å²) < 4.78 is 15.4. The molecule has 1 unspecified atom stereocenters. The van der Waals surface area contributed by atoms with E-state index in [1.165, 1.54) is 0 Å². The monoisotopic (exact) mass is 231 g/mol. The lowest BCUT2D eigenvalue weighted by molar-refractivity contribution is -0.127. The lowest BCUT2D eigenvalue weighted by atomic mass is 10.1. The van der Waals surface area contributed by atoms with Crippen molar-refractivity contribution < 1.29 is 19.0 Å². The van der Waals surface area contributed by atoms with E-state index in [4.69, 9.17) is 14.2 Å². The van der Waals surface area contributed by atoms with Gasteiger partial charge in [-0.25, -0.2) is 0 Å². The summed E-state index contributed by atoms with van der Waals surface area (Å²) in [4.78, 5) is 11.5. The molecule has 1 fully saturated rings. The van der Waals surface area contributed by atoms with Crippen LogP contribution in [0.25, 0.3) is 0 Å². The summed E-state index contributed by atoms with van der Waals surface area (Å²) in [6.07, 6.45) is 3.40. The summed E-state index contributed by atoms with van der Waals surface area (Å²) in [5.74, 6) is 0.0228. The van der Waals surface area contributed by atoms with Gasteiger partial charge in [-0.1, -0.05) is 0 Å². The highest BCUT2D eigenvalue weighted by molar-refractivity contribution is 5.75. The van der Waals surface area contributed by atoms with Gasteiger partial charge in [-0.05, 0) is 19.3 Å². The van der Waals surface area contributed by atoms with Gasteiger partial charge in [-0.15, -0.1) is 0 Å². The number of rotatable bonds is 7. The van der Waals surface area contributed by atoms with E-state index < -0.39 is 0 Å². The van der Waals surface area contributed by atoms with Crippen molar-refractivity contribution >= 4 is 5.91 Å². The molecule has 0 aromatic rings. The zero-order valence-electron chi connectivity index (χ0n) is 10.0. The minimum atomic E-state index is -0.369. The van der Waals surface area contributed by atoms with E-state index in [0.717, 1.165) is 25.9 Å². The summed E-state index contributed by atoms with van der Waals surface area (Å²) in [6, 6.07) is 0. The average Bonchev–Trinajstić information content (AvgIpc) is 2.80. The maximum absolute atomic E-state index is 11.5. The minimum Gasteiger partial charge on any atom is -0.378 e. The largest absolute Gasteiger partial charge is 0.378 e. The van der Waals surface area contributed by atoms with Crippen LogP contribution in [0.1, 0.15) is 25.7 Å². The van der Waals surface area contributed by atoms with Crippen LogP contribution in [-0.2, 0) is 19.0 Å². The van der Waals surface area contributed by atoms with E-state index in [2.05, 4.69) is 5.32 Å². The van der Waals surface area contributed by atoms with E-state index in [-0.39, 0.29) is 18.3 Å². The lowest BCUT2D eigenvalue weighted by Crippen LogP contribution is -2.34. The normalized spacial score (nSPS) is 20.3. The summed E-state index contributed by atoms with van der Waals surface area (Å²) in [7, 11) is 3.10. The third-order valence-electron chi connectivity index (χ3n) is 2.71. The van der Waals surface area contributed by atoms with Gasteiger partial charge >= 0.3 is 0 Å². The Morgan fingerprint density at radius 3 is 2.81 bits per heavy atom. The van der Waals surface area contributed by atoms with Crippen LogP contribution in [0.3, 0.4) is 0 Å². The molecular weight excluding hydrogens is 210 g/mol. The van der Waals surface area contributed by atoms with Gasteiger partial charge in [-0.2, -0.15) is 0 Å². The van der Waals surface area contributed by atoms with Crippen molar-refractivity contribution in [2.75, 3.05) is 27.4 Å². The number of nitrogens with one attached hydrogen (secondary N) is 1. The molecule has 5 heteroatoms. The molecule has 0 bridgehead atoms. The number of hydrogen-bond acceptors (Lipinski definition) is 4. The Morgan fingerprint density at radius 1 is 1.50 bits per heavy atom. The number of amides is 1. The molecule has 0 spiro atoms. The van der Waals surface area contributed by atoms with E-state index in [9.17, 15) is 4.79 Å². The number of hydrogen-bond donors (Lipinski definition) is 1. The Morgan fingerprint density at radius 2 is 2.25 bits per heavy atom. The van der Waals surface area contributed by atoms with Crippen LogP contribution in [0.5, 0.6) is 0 Å². The van der Waals surface area contributed by atoms with Crippen molar-refractivity contribution in [3.05, 3.63) is 0 Å². The molecular formula is C11H21NO4. The van der Waals surface area contributed by atoms with E-state index in [1.54, 1.807) is 14.2 Å². The minimum absolute atomic E-state index is 0.0228. The highest BCUT2D eigenvalue weighted by Gasteiger charge is 2.16. The molecule has 1 heterocycles. The Kier molecular flexibility index (Phi) is 6.37. The van der Waals surface area contributed by atoms with Crippen LogP contribution in [0.4, 0.5) is 0 Å². The standard InChI is InChI=1S/C11H21NO4/c1-14-11(15-2)8-12-10(13)6-5-9-4-3-7-16-9/h9,11H,3-8H2,1-2H3,(H,12,13). The summed E-state index contributed by atoms with van der Waals surface area (Å²) in [5, 5.41) is 2.76. The van der Waals surface area contributed by atoms with E-state index in [0.29, 0.717) is 13.0 Å². The average molecular weight is 231 g/mol. The van der Waals surface area contributed by atoms with Gasteiger partial charge in [0.25, 0.3) is 0 Å². The van der Waals surface area contributed by atoms with Gasteiger partial charge in [-0.3, -0.25) is 4.79 Å². The topological polar surface area (TPSA) is 56.8 Å². The Balaban J connectivity index is 2.05. The van der Waals surface area contributed by atoms with Crippen LogP contribution in [0.2, 0.25) is 0 Å². The van der Waals surface area contributed by atoms with Gasteiger partial charge < -0.3 is 19.5 Å². The van der Waals surface area contributed by atoms with Crippen molar-refractivity contribution in [2.45, 2.75) is 38.1 Å². The molecule has 5 nitrogen and oxygen atoms in total. The molecule has 0 aromatic heterocycles. The maximum Gasteiger partial charge on any atom is 0.220 e. The fourth-order valence-corrected chi connectivity index (χ4v) is 1.71. The molecule has 1 amide bonds. The molecule has 0 saturated carbocycles. The number of carbonyl (C=O) groups is 1. The smallest absolute Gasteiger partial charge is 0.220 e. The molecule has 0 radical (unpaired) electrons. The second-order valence-electron chi connectivity index (χ2n) is 3.88. The van der Waals surface area contributed by atoms with Crippen LogP contribution in [0.15, 0.2) is 0 Å². The van der Waals surface area contributed by atoms with Crippen LogP contribution < -0.4 is 5.32 Å². The van der Waals surface area contributed by atoms with Gasteiger partial charge in [0.2, 0.25) is 5.91 Å². The Bertz CT molecular complexity index is 192. The van der Waals surface area contributed by atoms with E-state index in [1.807, 2.05) is 0 Å². The summed E-state index contributed by atoms with van der Waals surface area (Å²) in [5.41, 5.74) is 0. The molecule has 1 aliphatic heterocycles. The molecule has 16 heavy (non-hydrogen) atoms. The zero-order chi connectivity index (χ0) is 11.8. The first-order valence-corrected chi connectivity index (χ1v) is 5.70. The van der Waals surface area contributed by atoms with Gasteiger partial charge in [0.05, 0.1) is 12.6 Å². The first kappa shape index (κ1) is 13.4. The Hall–Kier alpha value is -0.650. The number of methoxy groups -OCH3 is 2. The fourth-order valence-electron chi connectivity index (χ4n) is 1.71. The zero-order valence-corrected chi connectivity index (χ0v) is 10.0. The fraction of sp³-hybridized carbons (Fsp3) is 0.909. The third kappa shape index (κ3) is 4.92. The van der Waals surface area contributed by atoms with Crippen molar-refractivity contribution in [3.63, 3.8) is 0 Å². The molecule has 0 aliphatic carbocycles. The van der Waals surface area contributed by atoms with Crippen molar-refractivity contribution in [2.24, 2.45) is 0 Å². The highest BCUT2D eigenvalue weighted by atomic mass is 16.7. The molecule has 1 rings (SSSR count). The quantitative estimate of drug-likeness (QED) is 0.655. The first-order chi connectivity index (χ1) is 7.76. The predicted molar refractivity (Wildman–Crippen MR) is 59.0 cm³/mol.